The zero-order valence-electron chi connectivity index (χ0n) is 17.0. The number of fused-ring (bicyclic) bond motifs is 1. The number of nitrogens with zero attached hydrogens (tertiary/aromatic N) is 1. The fourth-order valence-electron chi connectivity index (χ4n) is 3.01. The van der Waals surface area contributed by atoms with Crippen LogP contribution < -0.4 is 23.8 Å². The summed E-state index contributed by atoms with van der Waals surface area (Å²) in [4.78, 5) is 14.8. The van der Waals surface area contributed by atoms with Crippen LogP contribution in [0.25, 0.3) is 6.08 Å². The van der Waals surface area contributed by atoms with Gasteiger partial charge in [-0.2, -0.15) is 0 Å². The predicted octanol–water partition coefficient (Wildman–Crippen LogP) is 4.39. The second kappa shape index (κ2) is 9.09. The molecule has 2 aromatic carbocycles. The molecule has 0 aliphatic carbocycles. The van der Waals surface area contributed by atoms with Gasteiger partial charge in [0.05, 0.1) is 24.4 Å². The van der Waals surface area contributed by atoms with E-state index in [1.807, 2.05) is 25.9 Å². The number of benzene rings is 2. The van der Waals surface area contributed by atoms with Crippen LogP contribution in [0.1, 0.15) is 22.8 Å². The Morgan fingerprint density at radius 1 is 1.17 bits per heavy atom. The summed E-state index contributed by atoms with van der Waals surface area (Å²) in [7, 11) is 5.34. The second-order valence-corrected chi connectivity index (χ2v) is 6.99. The molecule has 0 unspecified atom stereocenters. The van der Waals surface area contributed by atoms with Gasteiger partial charge in [-0.15, -0.1) is 0 Å². The van der Waals surface area contributed by atoms with Gasteiger partial charge in [0.25, 0.3) is 0 Å². The lowest BCUT2D eigenvalue weighted by Crippen LogP contribution is -2.16. The lowest BCUT2D eigenvalue weighted by Gasteiger charge is -2.21. The molecule has 0 aromatic heterocycles. The summed E-state index contributed by atoms with van der Waals surface area (Å²) < 4.78 is 22.2. The van der Waals surface area contributed by atoms with Crippen LogP contribution in [0.2, 0.25) is 0 Å². The molecule has 7 heteroatoms. The highest BCUT2D eigenvalue weighted by Gasteiger charge is 2.19. The Bertz CT molecular complexity index is 922. The first-order valence-corrected chi connectivity index (χ1v) is 9.66. The van der Waals surface area contributed by atoms with Crippen LogP contribution in [0.5, 0.6) is 23.0 Å². The van der Waals surface area contributed by atoms with E-state index >= 15 is 0 Å². The number of halogens is 1. The quantitative estimate of drug-likeness (QED) is 0.491. The monoisotopic (exact) mass is 417 g/mol. The Morgan fingerprint density at radius 3 is 2.62 bits per heavy atom. The van der Waals surface area contributed by atoms with Crippen molar-refractivity contribution < 1.29 is 23.7 Å². The third-order valence-electron chi connectivity index (χ3n) is 4.36. The fraction of sp³-hybridized carbons (Fsp3) is 0.318. The highest BCUT2D eigenvalue weighted by molar-refractivity contribution is 6.47. The number of hydrogen-bond donors (Lipinski definition) is 0. The Hall–Kier alpha value is -2.86. The minimum atomic E-state index is -0.285. The lowest BCUT2D eigenvalue weighted by atomic mass is 10.1. The van der Waals surface area contributed by atoms with E-state index in [1.54, 1.807) is 43.5 Å². The van der Waals surface area contributed by atoms with E-state index in [9.17, 15) is 4.79 Å². The summed E-state index contributed by atoms with van der Waals surface area (Å²) in [5.74, 6) is 2.08. The summed E-state index contributed by atoms with van der Waals surface area (Å²) in [6, 6.07) is 8.79. The molecule has 1 aliphatic heterocycles. The topological polar surface area (TPSA) is 57.2 Å². The third-order valence-corrected chi connectivity index (χ3v) is 4.64. The number of ether oxygens (including phenoxy) is 4. The SMILES string of the molecule is CCOc1ccc(C(=O)C(Cl)=Cc2cc(OC)c3c(c2)OCCO3)cc1N(C)C. The van der Waals surface area contributed by atoms with E-state index in [0.717, 1.165) is 5.69 Å². The molecule has 0 N–H and O–H groups in total. The average molecular weight is 418 g/mol. The van der Waals surface area contributed by atoms with Crippen molar-refractivity contribution in [2.75, 3.05) is 45.9 Å². The molecule has 0 amide bonds. The molecule has 1 heterocycles. The van der Waals surface area contributed by atoms with Crippen LogP contribution in [0.4, 0.5) is 5.69 Å². The van der Waals surface area contributed by atoms with Crippen LogP contribution in [-0.4, -0.2) is 46.8 Å². The van der Waals surface area contributed by atoms with Gasteiger partial charge in [-0.05, 0) is 48.9 Å². The summed E-state index contributed by atoms with van der Waals surface area (Å²) in [5.41, 5.74) is 1.97. The standard InChI is InChI=1S/C22H24ClNO5/c1-5-27-18-7-6-15(13-17(18)24(2)3)21(25)16(23)10-14-11-19(26-4)22-20(12-14)28-8-9-29-22/h6-7,10-13H,5,8-9H2,1-4H3. The van der Waals surface area contributed by atoms with Crippen LogP contribution >= 0.6 is 11.6 Å². The number of allylic oxidation sites excluding steroid dienone is 1. The van der Waals surface area contributed by atoms with Crippen molar-refractivity contribution in [3.63, 3.8) is 0 Å². The van der Waals surface area contributed by atoms with Crippen molar-refractivity contribution in [1.82, 2.24) is 0 Å². The molecule has 0 saturated heterocycles. The van der Waals surface area contributed by atoms with Gasteiger partial charge < -0.3 is 23.8 Å². The number of carbonyl (C=O) groups excluding carboxylic acids is 1. The molecular formula is C22H24ClNO5. The molecule has 6 nitrogen and oxygen atoms in total. The van der Waals surface area contributed by atoms with E-state index in [4.69, 9.17) is 30.5 Å². The first-order chi connectivity index (χ1) is 13.9. The summed E-state index contributed by atoms with van der Waals surface area (Å²) in [5, 5.41) is 0.0811. The maximum atomic E-state index is 12.9. The molecule has 1 aliphatic rings. The van der Waals surface area contributed by atoms with Gasteiger partial charge in [0.1, 0.15) is 19.0 Å². The number of hydrogen-bond acceptors (Lipinski definition) is 6. The Labute approximate surface area is 175 Å². The van der Waals surface area contributed by atoms with E-state index in [2.05, 4.69) is 0 Å². The molecule has 0 fully saturated rings. The van der Waals surface area contributed by atoms with Crippen molar-refractivity contribution >= 4 is 29.1 Å². The van der Waals surface area contributed by atoms with Gasteiger partial charge >= 0.3 is 0 Å². The maximum absolute atomic E-state index is 12.9. The number of ketones is 1. The van der Waals surface area contributed by atoms with Crippen molar-refractivity contribution in [2.45, 2.75) is 6.92 Å². The summed E-state index contributed by atoms with van der Waals surface area (Å²) in [6.07, 6.45) is 1.59. The smallest absolute Gasteiger partial charge is 0.204 e. The predicted molar refractivity (Wildman–Crippen MR) is 114 cm³/mol. The van der Waals surface area contributed by atoms with Crippen molar-refractivity contribution in [3.8, 4) is 23.0 Å². The Balaban J connectivity index is 1.92. The zero-order chi connectivity index (χ0) is 21.0. The average Bonchev–Trinajstić information content (AvgIpc) is 2.72. The minimum absolute atomic E-state index is 0.0811. The zero-order valence-corrected chi connectivity index (χ0v) is 17.7. The van der Waals surface area contributed by atoms with Crippen molar-refractivity contribution in [3.05, 3.63) is 46.5 Å². The molecule has 29 heavy (non-hydrogen) atoms. The van der Waals surface area contributed by atoms with Gasteiger partial charge in [-0.25, -0.2) is 0 Å². The highest BCUT2D eigenvalue weighted by atomic mass is 35.5. The molecule has 0 radical (unpaired) electrons. The number of carbonyl (C=O) groups is 1. The normalized spacial score (nSPS) is 13.1. The first-order valence-electron chi connectivity index (χ1n) is 9.28. The largest absolute Gasteiger partial charge is 0.493 e. The highest BCUT2D eigenvalue weighted by Crippen LogP contribution is 2.41. The molecule has 0 spiro atoms. The molecule has 0 atom stereocenters. The number of rotatable bonds is 7. The van der Waals surface area contributed by atoms with Gasteiger partial charge in [-0.1, -0.05) is 11.6 Å². The number of Topliss-reactive ketones (excluding diaryl/α,β-unsaturated/α-hetero) is 1. The summed E-state index contributed by atoms with van der Waals surface area (Å²) in [6.45, 7) is 3.37. The summed E-state index contributed by atoms with van der Waals surface area (Å²) >= 11 is 6.37. The Kier molecular flexibility index (Phi) is 6.54. The van der Waals surface area contributed by atoms with Crippen LogP contribution in [0.3, 0.4) is 0 Å². The van der Waals surface area contributed by atoms with Crippen LogP contribution in [0.15, 0.2) is 35.4 Å². The van der Waals surface area contributed by atoms with Crippen LogP contribution in [-0.2, 0) is 0 Å². The lowest BCUT2D eigenvalue weighted by molar-refractivity contribution is 0.104. The number of methoxy groups -OCH3 is 1. The van der Waals surface area contributed by atoms with E-state index in [1.165, 1.54) is 0 Å². The fourth-order valence-corrected chi connectivity index (χ4v) is 3.25. The molecule has 0 saturated carbocycles. The molecular weight excluding hydrogens is 394 g/mol. The first kappa shape index (κ1) is 20.9. The van der Waals surface area contributed by atoms with E-state index < -0.39 is 0 Å². The maximum Gasteiger partial charge on any atom is 0.204 e. The van der Waals surface area contributed by atoms with Gasteiger partial charge in [-0.3, -0.25) is 4.79 Å². The third kappa shape index (κ3) is 4.59. The van der Waals surface area contributed by atoms with Crippen LogP contribution in [0, 0.1) is 0 Å². The molecule has 3 rings (SSSR count). The van der Waals surface area contributed by atoms with Crippen molar-refractivity contribution in [2.24, 2.45) is 0 Å². The van der Waals surface area contributed by atoms with Gasteiger partial charge in [0.2, 0.25) is 11.5 Å². The molecule has 0 bridgehead atoms. The molecule has 154 valence electrons. The number of anilines is 1. The van der Waals surface area contributed by atoms with Gasteiger partial charge in [0, 0.05) is 19.7 Å². The molecule has 2 aromatic rings. The van der Waals surface area contributed by atoms with E-state index in [0.29, 0.717) is 53.9 Å². The van der Waals surface area contributed by atoms with Gasteiger partial charge in [0.15, 0.2) is 11.5 Å². The Morgan fingerprint density at radius 2 is 1.93 bits per heavy atom. The van der Waals surface area contributed by atoms with Crippen molar-refractivity contribution in [1.29, 1.82) is 0 Å². The van der Waals surface area contributed by atoms with E-state index in [-0.39, 0.29) is 10.8 Å². The second-order valence-electron chi connectivity index (χ2n) is 6.58. The minimum Gasteiger partial charge on any atom is -0.493 e.